The summed E-state index contributed by atoms with van der Waals surface area (Å²) in [4.78, 5) is 2.32. The Balaban J connectivity index is 2.60. The first-order valence-electron chi connectivity index (χ1n) is 6.40. The third-order valence-corrected chi connectivity index (χ3v) is 3.00. The highest BCUT2D eigenvalue weighted by molar-refractivity contribution is 5.14. The first kappa shape index (κ1) is 14.2. The van der Waals surface area contributed by atoms with Crippen LogP contribution in [0.25, 0.3) is 0 Å². The van der Waals surface area contributed by atoms with E-state index in [0.717, 1.165) is 19.4 Å². The fraction of sp³-hybridized carbons (Fsp3) is 0.571. The van der Waals surface area contributed by atoms with Crippen LogP contribution in [-0.2, 0) is 6.54 Å². The van der Waals surface area contributed by atoms with Crippen LogP contribution in [0.5, 0.6) is 0 Å². The van der Waals surface area contributed by atoms with Crippen molar-refractivity contribution >= 4 is 0 Å². The van der Waals surface area contributed by atoms with Gasteiger partial charge in [0.25, 0.3) is 0 Å². The fourth-order valence-electron chi connectivity index (χ4n) is 1.97. The second kappa shape index (κ2) is 7.43. The molecule has 0 amide bonds. The number of hydrogen-bond donors (Lipinski definition) is 2. The van der Waals surface area contributed by atoms with Crippen molar-refractivity contribution in [3.05, 3.63) is 35.9 Å². The minimum absolute atomic E-state index is 0.0961. The maximum absolute atomic E-state index is 6.22. The molecule has 0 spiro atoms. The van der Waals surface area contributed by atoms with Crippen molar-refractivity contribution in [1.29, 1.82) is 0 Å². The lowest BCUT2D eigenvalue weighted by molar-refractivity contribution is 0.138. The van der Waals surface area contributed by atoms with Gasteiger partial charge in [0.05, 0.1) is 6.17 Å². The summed E-state index contributed by atoms with van der Waals surface area (Å²) in [6, 6.07) is 10.9. The molecule has 1 unspecified atom stereocenters. The topological polar surface area (TPSA) is 55.3 Å². The smallest absolute Gasteiger partial charge is 0.0577 e. The Morgan fingerprint density at radius 3 is 2.35 bits per heavy atom. The van der Waals surface area contributed by atoms with E-state index in [4.69, 9.17) is 11.5 Å². The summed E-state index contributed by atoms with van der Waals surface area (Å²) in [5, 5.41) is 0. The Hall–Kier alpha value is -0.900. The van der Waals surface area contributed by atoms with Crippen LogP contribution < -0.4 is 11.5 Å². The predicted molar refractivity (Wildman–Crippen MR) is 73.4 cm³/mol. The van der Waals surface area contributed by atoms with E-state index in [2.05, 4.69) is 43.0 Å². The van der Waals surface area contributed by atoms with Gasteiger partial charge < -0.3 is 11.5 Å². The molecule has 1 aromatic carbocycles. The van der Waals surface area contributed by atoms with Crippen LogP contribution >= 0.6 is 0 Å². The van der Waals surface area contributed by atoms with Gasteiger partial charge in [-0.25, -0.2) is 0 Å². The number of rotatable bonds is 7. The normalized spacial score (nSPS) is 13.3. The number of benzene rings is 1. The second-order valence-electron chi connectivity index (χ2n) is 4.75. The van der Waals surface area contributed by atoms with Gasteiger partial charge >= 0.3 is 0 Å². The van der Waals surface area contributed by atoms with E-state index in [1.807, 2.05) is 6.07 Å². The minimum Gasteiger partial charge on any atom is -0.330 e. The average Bonchev–Trinajstić information content (AvgIpc) is 2.34. The standard InChI is InChI=1S/C14H25N3/c1-12(2)17(14(16)9-6-10-15)11-13-7-4-3-5-8-13/h3-5,7-8,12,14H,6,9-11,15-16H2,1-2H3. The van der Waals surface area contributed by atoms with Crippen LogP contribution in [0.15, 0.2) is 30.3 Å². The van der Waals surface area contributed by atoms with Crippen LogP contribution in [0.4, 0.5) is 0 Å². The minimum atomic E-state index is 0.0961. The zero-order chi connectivity index (χ0) is 12.7. The van der Waals surface area contributed by atoms with E-state index >= 15 is 0 Å². The molecule has 0 saturated carbocycles. The zero-order valence-corrected chi connectivity index (χ0v) is 11.0. The second-order valence-corrected chi connectivity index (χ2v) is 4.75. The molecule has 1 rings (SSSR count). The summed E-state index contributed by atoms with van der Waals surface area (Å²) in [6.07, 6.45) is 2.04. The van der Waals surface area contributed by atoms with E-state index in [-0.39, 0.29) is 6.17 Å². The first-order chi connectivity index (χ1) is 8.15. The molecular formula is C14H25N3. The molecule has 3 nitrogen and oxygen atoms in total. The lowest BCUT2D eigenvalue weighted by Crippen LogP contribution is -2.45. The monoisotopic (exact) mass is 235 g/mol. The van der Waals surface area contributed by atoms with E-state index in [9.17, 15) is 0 Å². The van der Waals surface area contributed by atoms with Crippen molar-refractivity contribution in [2.75, 3.05) is 6.54 Å². The summed E-state index contributed by atoms with van der Waals surface area (Å²) in [5.41, 5.74) is 13.1. The summed E-state index contributed by atoms with van der Waals surface area (Å²) in [5.74, 6) is 0. The third-order valence-electron chi connectivity index (χ3n) is 3.00. The molecule has 0 bridgehead atoms. The van der Waals surface area contributed by atoms with Crippen molar-refractivity contribution < 1.29 is 0 Å². The van der Waals surface area contributed by atoms with Crippen molar-refractivity contribution in [3.63, 3.8) is 0 Å². The molecule has 0 aromatic heterocycles. The molecule has 1 aromatic rings. The highest BCUT2D eigenvalue weighted by Gasteiger charge is 2.17. The van der Waals surface area contributed by atoms with Gasteiger partial charge in [0, 0.05) is 12.6 Å². The van der Waals surface area contributed by atoms with Crippen LogP contribution in [0.2, 0.25) is 0 Å². The average molecular weight is 235 g/mol. The molecule has 3 heteroatoms. The van der Waals surface area contributed by atoms with Crippen LogP contribution in [0, 0.1) is 0 Å². The highest BCUT2D eigenvalue weighted by Crippen LogP contribution is 2.12. The highest BCUT2D eigenvalue weighted by atomic mass is 15.2. The maximum Gasteiger partial charge on any atom is 0.0577 e. The molecule has 0 aliphatic rings. The molecular weight excluding hydrogens is 210 g/mol. The Morgan fingerprint density at radius 1 is 1.18 bits per heavy atom. The zero-order valence-electron chi connectivity index (χ0n) is 11.0. The van der Waals surface area contributed by atoms with Gasteiger partial charge in [-0.3, -0.25) is 4.90 Å². The third kappa shape index (κ3) is 4.86. The van der Waals surface area contributed by atoms with E-state index in [0.29, 0.717) is 12.6 Å². The number of hydrogen-bond acceptors (Lipinski definition) is 3. The molecule has 1 atom stereocenters. The number of nitrogens with zero attached hydrogens (tertiary/aromatic N) is 1. The number of nitrogens with two attached hydrogens (primary N) is 2. The van der Waals surface area contributed by atoms with Crippen LogP contribution in [-0.4, -0.2) is 23.7 Å². The molecule has 0 fully saturated rings. The molecule has 0 saturated heterocycles. The first-order valence-corrected chi connectivity index (χ1v) is 6.40. The van der Waals surface area contributed by atoms with Gasteiger partial charge in [0.15, 0.2) is 0 Å². The summed E-state index contributed by atoms with van der Waals surface area (Å²) >= 11 is 0. The summed E-state index contributed by atoms with van der Waals surface area (Å²) in [7, 11) is 0. The summed E-state index contributed by atoms with van der Waals surface area (Å²) < 4.78 is 0. The van der Waals surface area contributed by atoms with Gasteiger partial charge in [-0.1, -0.05) is 30.3 Å². The Bertz CT molecular complexity index is 298. The van der Waals surface area contributed by atoms with Gasteiger partial charge in [0.1, 0.15) is 0 Å². The maximum atomic E-state index is 6.22. The van der Waals surface area contributed by atoms with Crippen LogP contribution in [0.3, 0.4) is 0 Å². The lowest BCUT2D eigenvalue weighted by Gasteiger charge is -2.32. The summed E-state index contributed by atoms with van der Waals surface area (Å²) in [6.45, 7) is 5.99. The van der Waals surface area contributed by atoms with Crippen LogP contribution in [0.1, 0.15) is 32.3 Å². The van der Waals surface area contributed by atoms with Crippen molar-refractivity contribution in [2.45, 2.75) is 45.4 Å². The molecule has 17 heavy (non-hydrogen) atoms. The molecule has 0 aliphatic carbocycles. The Morgan fingerprint density at radius 2 is 1.82 bits per heavy atom. The lowest BCUT2D eigenvalue weighted by atomic mass is 10.1. The van der Waals surface area contributed by atoms with E-state index in [1.54, 1.807) is 0 Å². The van der Waals surface area contributed by atoms with Gasteiger partial charge in [-0.05, 0) is 38.8 Å². The predicted octanol–water partition coefficient (Wildman–Crippen LogP) is 1.92. The SMILES string of the molecule is CC(C)N(Cc1ccccc1)C(N)CCCN. The molecule has 0 radical (unpaired) electrons. The van der Waals surface area contributed by atoms with Crippen molar-refractivity contribution in [2.24, 2.45) is 11.5 Å². The molecule has 4 N–H and O–H groups in total. The van der Waals surface area contributed by atoms with Gasteiger partial charge in [-0.15, -0.1) is 0 Å². The molecule has 96 valence electrons. The Kier molecular flexibility index (Phi) is 6.19. The van der Waals surface area contributed by atoms with Gasteiger partial charge in [-0.2, -0.15) is 0 Å². The van der Waals surface area contributed by atoms with Gasteiger partial charge in [0.2, 0.25) is 0 Å². The van der Waals surface area contributed by atoms with E-state index < -0.39 is 0 Å². The van der Waals surface area contributed by atoms with E-state index in [1.165, 1.54) is 5.56 Å². The Labute approximate surface area is 105 Å². The van der Waals surface area contributed by atoms with Crippen molar-refractivity contribution in [3.8, 4) is 0 Å². The quantitative estimate of drug-likeness (QED) is 0.710. The largest absolute Gasteiger partial charge is 0.330 e. The fourth-order valence-corrected chi connectivity index (χ4v) is 1.97. The molecule has 0 aliphatic heterocycles. The van der Waals surface area contributed by atoms with Crippen molar-refractivity contribution in [1.82, 2.24) is 4.90 Å². The molecule has 0 heterocycles.